The summed E-state index contributed by atoms with van der Waals surface area (Å²) in [7, 11) is 1.57. The summed E-state index contributed by atoms with van der Waals surface area (Å²) >= 11 is 1.54. The zero-order valence-corrected chi connectivity index (χ0v) is 11.8. The number of carbonyl (C=O) groups is 1. The monoisotopic (exact) mass is 284 g/mol. The number of hydrogen-bond donors (Lipinski definition) is 0. The molecule has 0 saturated carbocycles. The van der Waals surface area contributed by atoms with E-state index in [0.717, 1.165) is 0 Å². The van der Waals surface area contributed by atoms with Crippen LogP contribution in [0.15, 0.2) is 24.3 Å². The number of alkyl halides is 1. The summed E-state index contributed by atoms with van der Waals surface area (Å²) in [6.45, 7) is 2.13. The van der Waals surface area contributed by atoms with Gasteiger partial charge in [0.15, 0.2) is 0 Å². The summed E-state index contributed by atoms with van der Waals surface area (Å²) in [5, 5.41) is 0.0527. The molecule has 3 nitrogen and oxygen atoms in total. The van der Waals surface area contributed by atoms with Crippen LogP contribution in [0.1, 0.15) is 23.7 Å². The number of methoxy groups -OCH3 is 1. The molecule has 0 spiro atoms. The van der Waals surface area contributed by atoms with Crippen molar-refractivity contribution in [1.82, 2.24) is 0 Å². The van der Waals surface area contributed by atoms with Gasteiger partial charge in [-0.05, 0) is 30.7 Å². The predicted molar refractivity (Wildman–Crippen MR) is 73.6 cm³/mol. The Morgan fingerprint density at radius 2 is 2.11 bits per heavy atom. The van der Waals surface area contributed by atoms with Gasteiger partial charge in [-0.15, -0.1) is 11.8 Å². The van der Waals surface area contributed by atoms with E-state index in [1.54, 1.807) is 43.1 Å². The fourth-order valence-corrected chi connectivity index (χ4v) is 3.30. The maximum Gasteiger partial charge on any atom is 0.338 e. The molecule has 19 heavy (non-hydrogen) atoms. The van der Waals surface area contributed by atoms with E-state index in [-0.39, 0.29) is 23.1 Å². The second-order valence-electron chi connectivity index (χ2n) is 4.54. The van der Waals surface area contributed by atoms with Crippen LogP contribution in [0.5, 0.6) is 5.75 Å². The number of ether oxygens (including phenoxy) is 2. The summed E-state index contributed by atoms with van der Waals surface area (Å²) in [5.41, 5.74) is 0.480. The summed E-state index contributed by atoms with van der Waals surface area (Å²) in [6.07, 6.45) is -0.337. The van der Waals surface area contributed by atoms with Gasteiger partial charge in [0.1, 0.15) is 18.5 Å². The van der Waals surface area contributed by atoms with E-state index in [0.29, 0.717) is 17.7 Å². The zero-order valence-electron chi connectivity index (χ0n) is 11.0. The molecule has 1 aliphatic rings. The van der Waals surface area contributed by atoms with E-state index in [2.05, 4.69) is 0 Å². The number of benzene rings is 1. The van der Waals surface area contributed by atoms with E-state index >= 15 is 0 Å². The number of rotatable bonds is 4. The molecule has 1 aromatic rings. The number of esters is 1. The lowest BCUT2D eigenvalue weighted by molar-refractivity contribution is 0.0501. The van der Waals surface area contributed by atoms with Crippen molar-refractivity contribution in [1.29, 1.82) is 0 Å². The third-order valence-corrected chi connectivity index (χ3v) is 4.57. The van der Waals surface area contributed by atoms with Gasteiger partial charge in [-0.2, -0.15) is 0 Å². The second-order valence-corrected chi connectivity index (χ2v) is 6.22. The molecule has 1 fully saturated rings. The number of hydrogen-bond acceptors (Lipinski definition) is 4. The minimum absolute atomic E-state index is 0.00955. The van der Waals surface area contributed by atoms with Gasteiger partial charge in [0.2, 0.25) is 0 Å². The molecule has 0 aromatic heterocycles. The quantitative estimate of drug-likeness (QED) is 0.796. The van der Waals surface area contributed by atoms with E-state index in [1.165, 1.54) is 0 Å². The van der Waals surface area contributed by atoms with Gasteiger partial charge in [-0.1, -0.05) is 6.92 Å². The SMILES string of the molecule is COc1ccc(C(=O)OCC2CC(F)C(C)S2)cc1. The third kappa shape index (κ3) is 3.62. The first-order valence-electron chi connectivity index (χ1n) is 6.21. The third-order valence-electron chi connectivity index (χ3n) is 3.13. The first-order valence-corrected chi connectivity index (χ1v) is 7.15. The average Bonchev–Trinajstić information content (AvgIpc) is 2.75. The van der Waals surface area contributed by atoms with Gasteiger partial charge in [0.25, 0.3) is 0 Å². The highest BCUT2D eigenvalue weighted by Crippen LogP contribution is 2.35. The molecule has 0 radical (unpaired) electrons. The molecule has 0 N–H and O–H groups in total. The average molecular weight is 284 g/mol. The molecular formula is C14H17FO3S. The highest BCUT2D eigenvalue weighted by Gasteiger charge is 2.32. The largest absolute Gasteiger partial charge is 0.497 e. The van der Waals surface area contributed by atoms with Gasteiger partial charge in [0, 0.05) is 10.5 Å². The lowest BCUT2D eigenvalue weighted by Gasteiger charge is -2.10. The number of carbonyl (C=O) groups excluding carboxylic acids is 1. The highest BCUT2D eigenvalue weighted by molar-refractivity contribution is 8.00. The lowest BCUT2D eigenvalue weighted by Crippen LogP contribution is -2.15. The molecule has 5 heteroatoms. The predicted octanol–water partition coefficient (Wildman–Crippen LogP) is 3.08. The Bertz CT molecular complexity index is 425. The highest BCUT2D eigenvalue weighted by atomic mass is 32.2. The van der Waals surface area contributed by atoms with E-state index in [4.69, 9.17) is 9.47 Å². The van der Waals surface area contributed by atoms with Gasteiger partial charge in [-0.25, -0.2) is 9.18 Å². The van der Waals surface area contributed by atoms with Gasteiger partial charge in [0.05, 0.1) is 12.7 Å². The second kappa shape index (κ2) is 6.28. The van der Waals surface area contributed by atoms with Crippen molar-refractivity contribution in [2.75, 3.05) is 13.7 Å². The van der Waals surface area contributed by atoms with Crippen LogP contribution in [-0.4, -0.2) is 36.4 Å². The summed E-state index contributed by atoms with van der Waals surface area (Å²) < 4.78 is 23.6. The summed E-state index contributed by atoms with van der Waals surface area (Å²) in [6, 6.07) is 6.73. The molecule has 3 atom stereocenters. The molecule has 3 unspecified atom stereocenters. The molecule has 0 amide bonds. The van der Waals surface area contributed by atoms with Crippen LogP contribution in [0.4, 0.5) is 4.39 Å². The Labute approximate surface area is 116 Å². The van der Waals surface area contributed by atoms with Crippen molar-refractivity contribution in [3.8, 4) is 5.75 Å². The van der Waals surface area contributed by atoms with E-state index in [9.17, 15) is 9.18 Å². The van der Waals surface area contributed by atoms with Crippen LogP contribution in [0.2, 0.25) is 0 Å². The molecule has 0 bridgehead atoms. The van der Waals surface area contributed by atoms with Crippen LogP contribution >= 0.6 is 11.8 Å². The minimum atomic E-state index is -0.797. The van der Waals surface area contributed by atoms with Crippen LogP contribution in [0.25, 0.3) is 0 Å². The Morgan fingerprint density at radius 1 is 1.42 bits per heavy atom. The Balaban J connectivity index is 1.84. The van der Waals surface area contributed by atoms with Crippen molar-refractivity contribution in [3.05, 3.63) is 29.8 Å². The topological polar surface area (TPSA) is 35.5 Å². The molecule has 1 heterocycles. The van der Waals surface area contributed by atoms with E-state index < -0.39 is 6.17 Å². The molecule has 104 valence electrons. The first-order chi connectivity index (χ1) is 9.10. The van der Waals surface area contributed by atoms with Crippen molar-refractivity contribution >= 4 is 17.7 Å². The standard InChI is InChI=1S/C14H17FO3S/c1-9-13(15)7-12(19-9)8-18-14(16)10-3-5-11(17-2)6-4-10/h3-6,9,12-13H,7-8H2,1-2H3. The van der Waals surface area contributed by atoms with Crippen molar-refractivity contribution < 1.29 is 18.7 Å². The minimum Gasteiger partial charge on any atom is -0.497 e. The first kappa shape index (κ1) is 14.2. The lowest BCUT2D eigenvalue weighted by atomic mass is 10.2. The van der Waals surface area contributed by atoms with Gasteiger partial charge >= 0.3 is 5.97 Å². The molecular weight excluding hydrogens is 267 g/mol. The van der Waals surface area contributed by atoms with Crippen LogP contribution in [0, 0.1) is 0 Å². The molecule has 1 saturated heterocycles. The van der Waals surface area contributed by atoms with Crippen molar-refractivity contribution in [3.63, 3.8) is 0 Å². The van der Waals surface area contributed by atoms with Gasteiger partial charge in [-0.3, -0.25) is 0 Å². The Hall–Kier alpha value is -1.23. The normalized spacial score (nSPS) is 26.2. The Kier molecular flexibility index (Phi) is 4.69. The Morgan fingerprint density at radius 3 is 2.63 bits per heavy atom. The number of thioether (sulfide) groups is 1. The smallest absolute Gasteiger partial charge is 0.338 e. The van der Waals surface area contributed by atoms with Crippen LogP contribution < -0.4 is 4.74 Å². The zero-order chi connectivity index (χ0) is 13.8. The molecule has 1 aromatic carbocycles. The fraction of sp³-hybridized carbons (Fsp3) is 0.500. The molecule has 0 aliphatic carbocycles. The maximum absolute atomic E-state index is 13.3. The fourth-order valence-electron chi connectivity index (χ4n) is 1.97. The van der Waals surface area contributed by atoms with Gasteiger partial charge < -0.3 is 9.47 Å². The van der Waals surface area contributed by atoms with Crippen molar-refractivity contribution in [2.45, 2.75) is 30.0 Å². The molecule has 2 rings (SSSR count). The van der Waals surface area contributed by atoms with Crippen molar-refractivity contribution in [2.24, 2.45) is 0 Å². The van der Waals surface area contributed by atoms with E-state index in [1.807, 2.05) is 6.92 Å². The maximum atomic E-state index is 13.3. The molecule has 1 aliphatic heterocycles. The van der Waals surface area contributed by atoms with Crippen LogP contribution in [0.3, 0.4) is 0 Å². The number of halogens is 1. The summed E-state index contributed by atoms with van der Waals surface area (Å²) in [4.78, 5) is 11.8. The van der Waals surface area contributed by atoms with Crippen LogP contribution in [-0.2, 0) is 4.74 Å². The summed E-state index contributed by atoms with van der Waals surface area (Å²) in [5.74, 6) is 0.315.